The van der Waals surface area contributed by atoms with Gasteiger partial charge in [-0.05, 0) is 33.4 Å². The number of nitrogens with zero attached hydrogens (tertiary/aromatic N) is 2. The van der Waals surface area contributed by atoms with Gasteiger partial charge >= 0.3 is 0 Å². The summed E-state index contributed by atoms with van der Waals surface area (Å²) in [4.78, 5) is 4.29. The van der Waals surface area contributed by atoms with E-state index in [0.717, 1.165) is 0 Å². The van der Waals surface area contributed by atoms with Gasteiger partial charge in [-0.3, -0.25) is 9.80 Å². The van der Waals surface area contributed by atoms with Crippen molar-refractivity contribution in [2.45, 2.75) is 53.0 Å². The molecule has 17 heavy (non-hydrogen) atoms. The van der Waals surface area contributed by atoms with Crippen molar-refractivity contribution >= 4 is 0 Å². The summed E-state index contributed by atoms with van der Waals surface area (Å²) in [5.74, 6) is 0. The average Bonchev–Trinajstić information content (AvgIpc) is 1.95. The molecule has 0 heterocycles. The largest absolute Gasteiger partial charge is 0.392 e. The predicted octanol–water partition coefficient (Wildman–Crippen LogP) is 0.984. The molecule has 0 saturated carbocycles. The van der Waals surface area contributed by atoms with Crippen molar-refractivity contribution in [3.63, 3.8) is 0 Å². The summed E-state index contributed by atoms with van der Waals surface area (Å²) in [5, 5.41) is 19.2. The fourth-order valence-corrected chi connectivity index (χ4v) is 2.60. The number of aliphatic hydroxyl groups is 2. The molecule has 0 amide bonds. The number of aliphatic hydroxyl groups excluding tert-OH is 2. The van der Waals surface area contributed by atoms with Crippen molar-refractivity contribution in [1.29, 1.82) is 0 Å². The number of rotatable bonds is 6. The van der Waals surface area contributed by atoms with E-state index in [-0.39, 0.29) is 11.6 Å². The van der Waals surface area contributed by atoms with Crippen LogP contribution in [0, 0.1) is 5.41 Å². The van der Waals surface area contributed by atoms with E-state index in [1.165, 1.54) is 0 Å². The van der Waals surface area contributed by atoms with Crippen LogP contribution in [-0.4, -0.2) is 65.6 Å². The molecule has 0 fully saturated rings. The fraction of sp³-hybridized carbons (Fsp3) is 1.00. The van der Waals surface area contributed by atoms with Crippen LogP contribution in [0.15, 0.2) is 0 Å². The minimum atomic E-state index is -0.390. The smallest absolute Gasteiger partial charge is 0.0669 e. The summed E-state index contributed by atoms with van der Waals surface area (Å²) < 4.78 is 0. The molecule has 0 aliphatic heterocycles. The minimum Gasteiger partial charge on any atom is -0.392 e. The molecule has 0 rings (SSSR count). The maximum absolute atomic E-state index is 9.59. The van der Waals surface area contributed by atoms with Gasteiger partial charge in [0.25, 0.3) is 0 Å². The fourth-order valence-electron chi connectivity index (χ4n) is 2.60. The lowest BCUT2D eigenvalue weighted by atomic mass is 9.90. The van der Waals surface area contributed by atoms with Crippen molar-refractivity contribution in [3.8, 4) is 0 Å². The monoisotopic (exact) mass is 246 g/mol. The summed E-state index contributed by atoms with van der Waals surface area (Å²) in [6, 6.07) is 0. The second kappa shape index (κ2) is 6.69. The van der Waals surface area contributed by atoms with Crippen LogP contribution in [0.5, 0.6) is 0 Å². The summed E-state index contributed by atoms with van der Waals surface area (Å²) in [6.07, 6.45) is -0.594. The lowest BCUT2D eigenvalue weighted by Crippen LogP contribution is -2.56. The number of hydrogen-bond donors (Lipinski definition) is 2. The van der Waals surface area contributed by atoms with E-state index >= 15 is 0 Å². The molecule has 2 N–H and O–H groups in total. The second-order valence-electron chi connectivity index (χ2n) is 6.36. The van der Waals surface area contributed by atoms with Gasteiger partial charge in [-0.25, -0.2) is 0 Å². The van der Waals surface area contributed by atoms with Gasteiger partial charge in [0.1, 0.15) is 0 Å². The molecule has 0 aromatic rings. The Morgan fingerprint density at radius 1 is 0.941 bits per heavy atom. The molecule has 0 aliphatic rings. The molecule has 104 valence electrons. The summed E-state index contributed by atoms with van der Waals surface area (Å²) >= 11 is 0. The molecule has 3 atom stereocenters. The van der Waals surface area contributed by atoms with Crippen LogP contribution in [0.4, 0.5) is 0 Å². The highest BCUT2D eigenvalue weighted by Gasteiger charge is 2.33. The third-order valence-electron chi connectivity index (χ3n) is 2.61. The Morgan fingerprint density at radius 3 is 1.47 bits per heavy atom. The highest BCUT2D eigenvalue weighted by Crippen LogP contribution is 2.26. The first-order chi connectivity index (χ1) is 7.55. The molecule has 0 aliphatic carbocycles. The summed E-state index contributed by atoms with van der Waals surface area (Å²) in [6.45, 7) is 11.2. The number of hydrogen-bond acceptors (Lipinski definition) is 4. The van der Waals surface area contributed by atoms with E-state index in [2.05, 4.69) is 30.6 Å². The van der Waals surface area contributed by atoms with Gasteiger partial charge in [-0.2, -0.15) is 0 Å². The molecule has 4 heteroatoms. The normalized spacial score (nSPS) is 18.5. The standard InChI is InChI=1S/C13H30N2O2/c1-10(16)8-15(9-11(2)17)12(14(6)7)13(3,4)5/h10-12,16-17H,8-9H2,1-7H3. The van der Waals surface area contributed by atoms with Crippen molar-refractivity contribution in [2.75, 3.05) is 27.2 Å². The quantitative estimate of drug-likeness (QED) is 0.686. The van der Waals surface area contributed by atoms with Crippen LogP contribution in [0.3, 0.4) is 0 Å². The van der Waals surface area contributed by atoms with Gasteiger partial charge in [0.15, 0.2) is 0 Å². The molecule has 0 aromatic carbocycles. The molecule has 0 saturated heterocycles. The third kappa shape index (κ3) is 6.36. The molecule has 0 bridgehead atoms. The van der Waals surface area contributed by atoms with Crippen LogP contribution in [0.1, 0.15) is 34.6 Å². The maximum Gasteiger partial charge on any atom is 0.0669 e. The van der Waals surface area contributed by atoms with Crippen LogP contribution >= 0.6 is 0 Å². The Labute approximate surface area is 106 Å². The topological polar surface area (TPSA) is 46.9 Å². The SMILES string of the molecule is CC(O)CN(CC(C)O)C(N(C)C)C(C)(C)C. The van der Waals surface area contributed by atoms with E-state index in [0.29, 0.717) is 13.1 Å². The average molecular weight is 246 g/mol. The molecule has 0 radical (unpaired) electrons. The van der Waals surface area contributed by atoms with Gasteiger partial charge in [0.05, 0.1) is 18.4 Å². The Kier molecular flexibility index (Phi) is 6.62. The van der Waals surface area contributed by atoms with Gasteiger partial charge < -0.3 is 10.2 Å². The lowest BCUT2D eigenvalue weighted by molar-refractivity contribution is -0.0414. The third-order valence-corrected chi connectivity index (χ3v) is 2.61. The Balaban J connectivity index is 4.94. The van der Waals surface area contributed by atoms with E-state index in [9.17, 15) is 10.2 Å². The Hall–Kier alpha value is -0.160. The van der Waals surface area contributed by atoms with Crippen molar-refractivity contribution in [3.05, 3.63) is 0 Å². The van der Waals surface area contributed by atoms with Crippen LogP contribution in [0.25, 0.3) is 0 Å². The van der Waals surface area contributed by atoms with Gasteiger partial charge in [-0.15, -0.1) is 0 Å². The zero-order chi connectivity index (χ0) is 13.8. The van der Waals surface area contributed by atoms with Gasteiger partial charge in [0, 0.05) is 13.1 Å². The highest BCUT2D eigenvalue weighted by molar-refractivity contribution is 4.83. The van der Waals surface area contributed by atoms with E-state index in [4.69, 9.17) is 0 Å². The van der Waals surface area contributed by atoms with Crippen molar-refractivity contribution < 1.29 is 10.2 Å². The van der Waals surface area contributed by atoms with Crippen LogP contribution < -0.4 is 0 Å². The molecule has 0 spiro atoms. The first-order valence-electron chi connectivity index (χ1n) is 6.32. The van der Waals surface area contributed by atoms with Crippen LogP contribution in [0.2, 0.25) is 0 Å². The molecule has 3 unspecified atom stereocenters. The minimum absolute atomic E-state index is 0.0628. The first kappa shape index (κ1) is 16.8. The predicted molar refractivity (Wildman–Crippen MR) is 71.9 cm³/mol. The van der Waals surface area contributed by atoms with E-state index in [1.807, 2.05) is 14.1 Å². The molecule has 0 aromatic heterocycles. The zero-order valence-corrected chi connectivity index (χ0v) is 12.4. The maximum atomic E-state index is 9.59. The first-order valence-corrected chi connectivity index (χ1v) is 6.32. The Bertz CT molecular complexity index is 200. The second-order valence-corrected chi connectivity index (χ2v) is 6.36. The lowest BCUT2D eigenvalue weighted by Gasteiger charge is -2.45. The summed E-state index contributed by atoms with van der Waals surface area (Å²) in [5.41, 5.74) is 0.0628. The van der Waals surface area contributed by atoms with Gasteiger partial charge in [0.2, 0.25) is 0 Å². The van der Waals surface area contributed by atoms with E-state index in [1.54, 1.807) is 13.8 Å². The van der Waals surface area contributed by atoms with Crippen molar-refractivity contribution in [2.24, 2.45) is 5.41 Å². The highest BCUT2D eigenvalue weighted by atomic mass is 16.3. The molecular weight excluding hydrogens is 216 g/mol. The van der Waals surface area contributed by atoms with E-state index < -0.39 is 12.2 Å². The Morgan fingerprint density at radius 2 is 1.29 bits per heavy atom. The van der Waals surface area contributed by atoms with Crippen LogP contribution in [-0.2, 0) is 0 Å². The molecule has 4 nitrogen and oxygen atoms in total. The summed E-state index contributed by atoms with van der Waals surface area (Å²) in [7, 11) is 4.07. The van der Waals surface area contributed by atoms with Crippen molar-refractivity contribution in [1.82, 2.24) is 9.80 Å². The molecular formula is C13H30N2O2. The van der Waals surface area contributed by atoms with Gasteiger partial charge in [-0.1, -0.05) is 20.8 Å². The zero-order valence-electron chi connectivity index (χ0n) is 12.4.